The van der Waals surface area contributed by atoms with E-state index < -0.39 is 6.09 Å². The molecule has 2 atom stereocenters. The van der Waals surface area contributed by atoms with Gasteiger partial charge in [0.25, 0.3) is 0 Å². The Morgan fingerprint density at radius 1 is 1.36 bits per heavy atom. The van der Waals surface area contributed by atoms with Crippen molar-refractivity contribution in [3.05, 3.63) is 48.2 Å². The van der Waals surface area contributed by atoms with Gasteiger partial charge in [-0.2, -0.15) is 0 Å². The SMILES string of the molecule is C[C@@H]1CN(C(=O)O)CC[C@@H]1Nc1nc2cncnc2n1Cc1ccc(F)cc1. The molecule has 1 fully saturated rings. The van der Waals surface area contributed by atoms with Gasteiger partial charge in [0.05, 0.1) is 12.7 Å². The van der Waals surface area contributed by atoms with E-state index in [2.05, 4.69) is 20.3 Å². The van der Waals surface area contributed by atoms with Crippen LogP contribution < -0.4 is 5.32 Å². The van der Waals surface area contributed by atoms with E-state index in [0.717, 1.165) is 5.56 Å². The van der Waals surface area contributed by atoms with Crippen LogP contribution in [0.4, 0.5) is 15.1 Å². The third kappa shape index (κ3) is 3.60. The van der Waals surface area contributed by atoms with Crippen molar-refractivity contribution in [1.29, 1.82) is 0 Å². The summed E-state index contributed by atoms with van der Waals surface area (Å²) in [5.41, 5.74) is 2.29. The first-order valence-electron chi connectivity index (χ1n) is 9.16. The Labute approximate surface area is 161 Å². The summed E-state index contributed by atoms with van der Waals surface area (Å²) in [5, 5.41) is 12.7. The van der Waals surface area contributed by atoms with E-state index in [1.165, 1.54) is 23.4 Å². The molecule has 1 amide bonds. The number of carboxylic acid groups (broad SMARTS) is 1. The molecule has 3 heterocycles. The van der Waals surface area contributed by atoms with Crippen LogP contribution in [0.1, 0.15) is 18.9 Å². The highest BCUT2D eigenvalue weighted by Gasteiger charge is 2.29. The highest BCUT2D eigenvalue weighted by molar-refractivity contribution is 5.73. The summed E-state index contributed by atoms with van der Waals surface area (Å²) in [6.45, 7) is 3.47. The van der Waals surface area contributed by atoms with Crippen LogP contribution in [0.2, 0.25) is 0 Å². The summed E-state index contributed by atoms with van der Waals surface area (Å²) in [4.78, 5) is 25.7. The number of nitrogens with zero attached hydrogens (tertiary/aromatic N) is 5. The number of amides is 1. The lowest BCUT2D eigenvalue weighted by atomic mass is 9.94. The zero-order valence-corrected chi connectivity index (χ0v) is 15.4. The van der Waals surface area contributed by atoms with E-state index in [0.29, 0.717) is 43.2 Å². The first-order valence-corrected chi connectivity index (χ1v) is 9.16. The molecular weight excluding hydrogens is 363 g/mol. The minimum absolute atomic E-state index is 0.0901. The van der Waals surface area contributed by atoms with Crippen LogP contribution in [-0.2, 0) is 6.54 Å². The minimum Gasteiger partial charge on any atom is -0.465 e. The van der Waals surface area contributed by atoms with Crippen molar-refractivity contribution in [1.82, 2.24) is 24.4 Å². The van der Waals surface area contributed by atoms with Crippen molar-refractivity contribution in [2.75, 3.05) is 18.4 Å². The third-order valence-electron chi connectivity index (χ3n) is 5.15. The molecule has 9 heteroatoms. The van der Waals surface area contributed by atoms with Gasteiger partial charge >= 0.3 is 6.09 Å². The highest BCUT2D eigenvalue weighted by atomic mass is 19.1. The van der Waals surface area contributed by atoms with Crippen LogP contribution in [0.3, 0.4) is 0 Å². The van der Waals surface area contributed by atoms with Gasteiger partial charge in [-0.1, -0.05) is 19.1 Å². The Balaban J connectivity index is 1.61. The summed E-state index contributed by atoms with van der Waals surface area (Å²) < 4.78 is 15.2. The lowest BCUT2D eigenvalue weighted by molar-refractivity contribution is 0.119. The largest absolute Gasteiger partial charge is 0.465 e. The molecule has 0 radical (unpaired) electrons. The Morgan fingerprint density at radius 3 is 2.86 bits per heavy atom. The van der Waals surface area contributed by atoms with Gasteiger partial charge in [-0.15, -0.1) is 0 Å². The monoisotopic (exact) mass is 384 g/mol. The fraction of sp³-hybridized carbons (Fsp3) is 0.368. The van der Waals surface area contributed by atoms with Crippen molar-refractivity contribution in [2.24, 2.45) is 5.92 Å². The molecule has 0 aliphatic carbocycles. The van der Waals surface area contributed by atoms with E-state index >= 15 is 0 Å². The van der Waals surface area contributed by atoms with Crippen LogP contribution in [0.5, 0.6) is 0 Å². The number of fused-ring (bicyclic) bond motifs is 1. The highest BCUT2D eigenvalue weighted by Crippen LogP contribution is 2.24. The summed E-state index contributed by atoms with van der Waals surface area (Å²) >= 11 is 0. The van der Waals surface area contributed by atoms with Crippen LogP contribution in [0.25, 0.3) is 11.2 Å². The molecule has 1 aliphatic heterocycles. The van der Waals surface area contributed by atoms with Gasteiger partial charge in [-0.3, -0.25) is 4.57 Å². The predicted molar refractivity (Wildman–Crippen MR) is 102 cm³/mol. The standard InChI is InChI=1S/C19H21FN6O2/c1-12-9-25(19(27)28)7-6-15(12)23-18-24-16-8-21-11-22-17(16)26(18)10-13-2-4-14(20)5-3-13/h2-5,8,11-12,15H,6-7,9-10H2,1H3,(H,23,24)(H,27,28)/t12-,15+/m1/s1. The molecule has 0 unspecified atom stereocenters. The van der Waals surface area contributed by atoms with E-state index in [-0.39, 0.29) is 17.8 Å². The number of imidazole rings is 1. The number of nitrogens with one attached hydrogen (secondary N) is 1. The molecule has 0 bridgehead atoms. The number of likely N-dealkylation sites (tertiary alicyclic amines) is 1. The molecule has 146 valence electrons. The van der Waals surface area contributed by atoms with Gasteiger partial charge < -0.3 is 15.3 Å². The zero-order chi connectivity index (χ0) is 19.7. The summed E-state index contributed by atoms with van der Waals surface area (Å²) in [6, 6.07) is 6.42. The maximum absolute atomic E-state index is 13.2. The molecular formula is C19H21FN6O2. The van der Waals surface area contributed by atoms with Crippen LogP contribution in [0, 0.1) is 11.7 Å². The maximum Gasteiger partial charge on any atom is 0.407 e. The number of anilines is 1. The van der Waals surface area contributed by atoms with Crippen molar-refractivity contribution in [3.63, 3.8) is 0 Å². The second kappa shape index (κ2) is 7.41. The summed E-state index contributed by atoms with van der Waals surface area (Å²) in [6.07, 6.45) is 2.94. The fourth-order valence-corrected chi connectivity index (χ4v) is 3.61. The van der Waals surface area contributed by atoms with Crippen molar-refractivity contribution in [3.8, 4) is 0 Å². The van der Waals surface area contributed by atoms with Crippen molar-refractivity contribution in [2.45, 2.75) is 25.9 Å². The Morgan fingerprint density at radius 2 is 2.14 bits per heavy atom. The van der Waals surface area contributed by atoms with Gasteiger partial charge in [-0.05, 0) is 30.0 Å². The van der Waals surface area contributed by atoms with E-state index in [1.807, 2.05) is 11.5 Å². The second-order valence-corrected chi connectivity index (χ2v) is 7.12. The number of carbonyl (C=O) groups is 1. The average molecular weight is 384 g/mol. The molecule has 28 heavy (non-hydrogen) atoms. The first-order chi connectivity index (χ1) is 13.5. The molecule has 3 aromatic rings. The van der Waals surface area contributed by atoms with Crippen LogP contribution in [0.15, 0.2) is 36.8 Å². The van der Waals surface area contributed by atoms with Crippen molar-refractivity contribution >= 4 is 23.2 Å². The minimum atomic E-state index is -0.885. The zero-order valence-electron chi connectivity index (χ0n) is 15.4. The maximum atomic E-state index is 13.2. The van der Waals surface area contributed by atoms with E-state index in [4.69, 9.17) is 0 Å². The number of hydrogen-bond donors (Lipinski definition) is 2. The number of aromatic nitrogens is 4. The number of benzene rings is 1. The molecule has 0 saturated carbocycles. The van der Waals surface area contributed by atoms with E-state index in [9.17, 15) is 14.3 Å². The smallest absolute Gasteiger partial charge is 0.407 e. The lowest BCUT2D eigenvalue weighted by Crippen LogP contribution is -2.47. The van der Waals surface area contributed by atoms with Gasteiger partial charge in [0.1, 0.15) is 17.7 Å². The van der Waals surface area contributed by atoms with Crippen molar-refractivity contribution < 1.29 is 14.3 Å². The molecule has 4 rings (SSSR count). The number of hydrogen-bond acceptors (Lipinski definition) is 5. The Hall–Kier alpha value is -3.23. The fourth-order valence-electron chi connectivity index (χ4n) is 3.61. The lowest BCUT2D eigenvalue weighted by Gasteiger charge is -2.36. The molecule has 0 spiro atoms. The molecule has 8 nitrogen and oxygen atoms in total. The van der Waals surface area contributed by atoms with Gasteiger partial charge in [0.15, 0.2) is 5.65 Å². The van der Waals surface area contributed by atoms with Gasteiger partial charge in [-0.25, -0.2) is 24.1 Å². The molecule has 1 aliphatic rings. The molecule has 1 saturated heterocycles. The predicted octanol–water partition coefficient (Wildman–Crippen LogP) is 2.81. The summed E-state index contributed by atoms with van der Waals surface area (Å²) in [7, 11) is 0. The average Bonchev–Trinajstić information content (AvgIpc) is 3.02. The topological polar surface area (TPSA) is 96.2 Å². The van der Waals surface area contributed by atoms with E-state index in [1.54, 1.807) is 18.3 Å². The second-order valence-electron chi connectivity index (χ2n) is 7.12. The van der Waals surface area contributed by atoms with Crippen LogP contribution >= 0.6 is 0 Å². The Bertz CT molecular complexity index is 990. The first kappa shape index (κ1) is 18.1. The number of halogens is 1. The number of rotatable bonds is 4. The Kier molecular flexibility index (Phi) is 4.81. The number of piperidine rings is 1. The summed E-state index contributed by atoms with van der Waals surface area (Å²) in [5.74, 6) is 0.509. The quantitative estimate of drug-likeness (QED) is 0.718. The van der Waals surface area contributed by atoms with Gasteiger partial charge in [0.2, 0.25) is 5.95 Å². The molecule has 2 N–H and O–H groups in total. The molecule has 1 aromatic carbocycles. The third-order valence-corrected chi connectivity index (χ3v) is 5.15. The normalized spacial score (nSPS) is 19.7. The van der Waals surface area contributed by atoms with Crippen LogP contribution in [-0.4, -0.2) is 54.8 Å². The van der Waals surface area contributed by atoms with Gasteiger partial charge in [0, 0.05) is 19.1 Å². The molecule has 2 aromatic heterocycles.